The van der Waals surface area contributed by atoms with Crippen LogP contribution in [0.25, 0.3) is 0 Å². The number of thiophene rings is 1. The van der Waals surface area contributed by atoms with Crippen molar-refractivity contribution in [1.82, 2.24) is 10.2 Å². The zero-order valence-corrected chi connectivity index (χ0v) is 9.03. The van der Waals surface area contributed by atoms with Gasteiger partial charge in [0, 0.05) is 24.5 Å². The van der Waals surface area contributed by atoms with Crippen LogP contribution in [0.4, 0.5) is 0 Å². The standard InChI is InChI=1S/C10H16N2S/c1-8-3-6-13-10(8)9-7-11-4-5-12(9)2/h3,6,9,11H,4-5,7H2,1-2H3. The molecule has 0 amide bonds. The Bertz CT molecular complexity index is 282. The first-order valence-electron chi connectivity index (χ1n) is 4.74. The Morgan fingerprint density at radius 2 is 2.46 bits per heavy atom. The van der Waals surface area contributed by atoms with E-state index in [1.54, 1.807) is 0 Å². The Morgan fingerprint density at radius 3 is 3.08 bits per heavy atom. The highest BCUT2D eigenvalue weighted by atomic mass is 32.1. The molecule has 1 fully saturated rings. The molecule has 1 atom stereocenters. The molecular weight excluding hydrogens is 180 g/mol. The van der Waals surface area contributed by atoms with E-state index in [-0.39, 0.29) is 0 Å². The molecule has 1 aliphatic rings. The second-order valence-electron chi connectivity index (χ2n) is 3.67. The summed E-state index contributed by atoms with van der Waals surface area (Å²) in [6.07, 6.45) is 0. The van der Waals surface area contributed by atoms with Gasteiger partial charge in [-0.25, -0.2) is 0 Å². The van der Waals surface area contributed by atoms with Crippen LogP contribution in [0.1, 0.15) is 16.5 Å². The monoisotopic (exact) mass is 196 g/mol. The summed E-state index contributed by atoms with van der Waals surface area (Å²) in [5, 5.41) is 5.63. The van der Waals surface area contributed by atoms with E-state index >= 15 is 0 Å². The largest absolute Gasteiger partial charge is 0.314 e. The molecular formula is C10H16N2S. The minimum Gasteiger partial charge on any atom is -0.314 e. The molecule has 1 aromatic heterocycles. The highest BCUT2D eigenvalue weighted by Gasteiger charge is 2.22. The van der Waals surface area contributed by atoms with Crippen LogP contribution in [-0.2, 0) is 0 Å². The number of aryl methyl sites for hydroxylation is 1. The van der Waals surface area contributed by atoms with Crippen molar-refractivity contribution in [3.8, 4) is 0 Å². The average Bonchev–Trinajstić information content (AvgIpc) is 2.52. The summed E-state index contributed by atoms with van der Waals surface area (Å²) in [6.45, 7) is 5.57. The predicted molar refractivity (Wildman–Crippen MR) is 57.3 cm³/mol. The van der Waals surface area contributed by atoms with Crippen molar-refractivity contribution >= 4 is 11.3 Å². The van der Waals surface area contributed by atoms with Crippen molar-refractivity contribution in [2.24, 2.45) is 0 Å². The minimum absolute atomic E-state index is 0.591. The number of nitrogens with one attached hydrogen (secondary N) is 1. The average molecular weight is 196 g/mol. The number of nitrogens with zero attached hydrogens (tertiary/aromatic N) is 1. The molecule has 1 aliphatic heterocycles. The molecule has 0 bridgehead atoms. The maximum absolute atomic E-state index is 3.45. The van der Waals surface area contributed by atoms with Crippen LogP contribution < -0.4 is 5.32 Å². The topological polar surface area (TPSA) is 15.3 Å². The van der Waals surface area contributed by atoms with Crippen LogP contribution in [0.5, 0.6) is 0 Å². The number of rotatable bonds is 1. The molecule has 1 N–H and O–H groups in total. The summed E-state index contributed by atoms with van der Waals surface area (Å²) >= 11 is 1.88. The summed E-state index contributed by atoms with van der Waals surface area (Å²) in [7, 11) is 2.21. The Kier molecular flexibility index (Phi) is 2.67. The van der Waals surface area contributed by atoms with Gasteiger partial charge in [0.15, 0.2) is 0 Å². The van der Waals surface area contributed by atoms with Gasteiger partial charge in [-0.1, -0.05) is 0 Å². The van der Waals surface area contributed by atoms with Crippen molar-refractivity contribution in [1.29, 1.82) is 0 Å². The van der Waals surface area contributed by atoms with E-state index in [1.807, 2.05) is 11.3 Å². The number of hydrogen-bond donors (Lipinski definition) is 1. The van der Waals surface area contributed by atoms with Gasteiger partial charge in [0.05, 0.1) is 6.04 Å². The Hall–Kier alpha value is -0.380. The number of piperazine rings is 1. The van der Waals surface area contributed by atoms with Crippen molar-refractivity contribution in [3.63, 3.8) is 0 Å². The fourth-order valence-corrected chi connectivity index (χ4v) is 2.92. The molecule has 1 saturated heterocycles. The van der Waals surface area contributed by atoms with E-state index in [0.717, 1.165) is 19.6 Å². The summed E-state index contributed by atoms with van der Waals surface area (Å²) in [5.74, 6) is 0. The number of hydrogen-bond acceptors (Lipinski definition) is 3. The van der Waals surface area contributed by atoms with Gasteiger partial charge >= 0.3 is 0 Å². The molecule has 3 heteroatoms. The molecule has 0 aliphatic carbocycles. The van der Waals surface area contributed by atoms with Gasteiger partial charge in [-0.15, -0.1) is 11.3 Å². The normalized spacial score (nSPS) is 24.9. The Labute approximate surface area is 83.6 Å². The summed E-state index contributed by atoms with van der Waals surface area (Å²) in [5.41, 5.74) is 1.44. The SMILES string of the molecule is Cc1ccsc1C1CNCCN1C. The van der Waals surface area contributed by atoms with Crippen molar-refractivity contribution in [3.05, 3.63) is 21.9 Å². The molecule has 72 valence electrons. The summed E-state index contributed by atoms with van der Waals surface area (Å²) in [6, 6.07) is 2.80. The Balaban J connectivity index is 2.19. The van der Waals surface area contributed by atoms with Crippen LogP contribution >= 0.6 is 11.3 Å². The molecule has 1 aromatic rings. The van der Waals surface area contributed by atoms with Crippen molar-refractivity contribution in [2.75, 3.05) is 26.7 Å². The molecule has 1 unspecified atom stereocenters. The lowest BCUT2D eigenvalue weighted by atomic mass is 10.1. The van der Waals surface area contributed by atoms with Gasteiger partial charge in [0.1, 0.15) is 0 Å². The van der Waals surface area contributed by atoms with Crippen LogP contribution in [-0.4, -0.2) is 31.6 Å². The molecule has 2 heterocycles. The van der Waals surface area contributed by atoms with Gasteiger partial charge in [-0.05, 0) is 31.0 Å². The van der Waals surface area contributed by atoms with E-state index in [2.05, 4.69) is 35.6 Å². The Morgan fingerprint density at radius 1 is 1.62 bits per heavy atom. The van der Waals surface area contributed by atoms with Crippen LogP contribution in [0.3, 0.4) is 0 Å². The van der Waals surface area contributed by atoms with E-state index in [1.165, 1.54) is 10.4 Å². The van der Waals surface area contributed by atoms with E-state index in [4.69, 9.17) is 0 Å². The fourth-order valence-electron chi connectivity index (χ4n) is 1.82. The van der Waals surface area contributed by atoms with Gasteiger partial charge in [-0.2, -0.15) is 0 Å². The first kappa shape index (κ1) is 9.19. The van der Waals surface area contributed by atoms with E-state index < -0.39 is 0 Å². The van der Waals surface area contributed by atoms with E-state index in [9.17, 15) is 0 Å². The smallest absolute Gasteiger partial charge is 0.0567 e. The zero-order valence-electron chi connectivity index (χ0n) is 8.21. The molecule has 0 spiro atoms. The highest BCUT2D eigenvalue weighted by Crippen LogP contribution is 2.28. The zero-order chi connectivity index (χ0) is 9.26. The first-order valence-corrected chi connectivity index (χ1v) is 5.62. The van der Waals surface area contributed by atoms with Crippen LogP contribution in [0.2, 0.25) is 0 Å². The lowest BCUT2D eigenvalue weighted by molar-refractivity contribution is 0.205. The third-order valence-electron chi connectivity index (χ3n) is 2.72. The molecule has 0 radical (unpaired) electrons. The van der Waals surface area contributed by atoms with E-state index in [0.29, 0.717) is 6.04 Å². The van der Waals surface area contributed by atoms with Crippen LogP contribution in [0, 0.1) is 6.92 Å². The van der Waals surface area contributed by atoms with Gasteiger partial charge in [-0.3, -0.25) is 4.90 Å². The van der Waals surface area contributed by atoms with Crippen molar-refractivity contribution < 1.29 is 0 Å². The predicted octanol–water partition coefficient (Wildman–Crippen LogP) is 1.63. The van der Waals surface area contributed by atoms with Crippen molar-refractivity contribution in [2.45, 2.75) is 13.0 Å². The third kappa shape index (κ3) is 1.77. The lowest BCUT2D eigenvalue weighted by Crippen LogP contribution is -2.43. The summed E-state index contributed by atoms with van der Waals surface area (Å²) < 4.78 is 0. The first-order chi connectivity index (χ1) is 6.29. The van der Waals surface area contributed by atoms with Gasteiger partial charge in [0.25, 0.3) is 0 Å². The third-order valence-corrected chi connectivity index (χ3v) is 3.84. The molecule has 2 rings (SSSR count). The minimum atomic E-state index is 0.591. The maximum Gasteiger partial charge on any atom is 0.0567 e. The quantitative estimate of drug-likeness (QED) is 0.734. The van der Waals surface area contributed by atoms with Gasteiger partial charge in [0.2, 0.25) is 0 Å². The summed E-state index contributed by atoms with van der Waals surface area (Å²) in [4.78, 5) is 3.96. The highest BCUT2D eigenvalue weighted by molar-refractivity contribution is 7.10. The second-order valence-corrected chi connectivity index (χ2v) is 4.62. The molecule has 0 saturated carbocycles. The molecule has 2 nitrogen and oxygen atoms in total. The van der Waals surface area contributed by atoms with Crippen LogP contribution in [0.15, 0.2) is 11.4 Å². The van der Waals surface area contributed by atoms with Gasteiger partial charge < -0.3 is 5.32 Å². The molecule has 0 aromatic carbocycles. The maximum atomic E-state index is 3.45. The number of likely N-dealkylation sites (N-methyl/N-ethyl adjacent to an activating group) is 1. The second kappa shape index (κ2) is 3.78. The lowest BCUT2D eigenvalue weighted by Gasteiger charge is -2.32. The molecule has 13 heavy (non-hydrogen) atoms. The fraction of sp³-hybridized carbons (Fsp3) is 0.600.